The minimum absolute atomic E-state index is 0.241. The maximum Gasteiger partial charge on any atom is 0.250 e. The van der Waals surface area contributed by atoms with Gasteiger partial charge in [-0.25, -0.2) is 0 Å². The molecule has 8 nitrogen and oxygen atoms in total. The lowest BCUT2D eigenvalue weighted by Crippen LogP contribution is -2.54. The molecule has 0 aromatic heterocycles. The molecule has 0 unspecified atom stereocenters. The van der Waals surface area contributed by atoms with E-state index >= 15 is 0 Å². The number of anilines is 1. The van der Waals surface area contributed by atoms with E-state index in [0.29, 0.717) is 24.3 Å². The van der Waals surface area contributed by atoms with E-state index in [1.54, 1.807) is 14.0 Å². The molecule has 5 atom stereocenters. The first kappa shape index (κ1) is 20.0. The molecule has 2 fully saturated rings. The number of ether oxygens (including phenoxy) is 1. The van der Waals surface area contributed by atoms with Gasteiger partial charge in [0.15, 0.2) is 0 Å². The third-order valence-corrected chi connectivity index (χ3v) is 6.46. The molecule has 4 rings (SSSR count). The maximum atomic E-state index is 13.4. The molecule has 0 bridgehead atoms. The van der Waals surface area contributed by atoms with Gasteiger partial charge in [0, 0.05) is 37.6 Å². The standard InChI is InChI=1S/C21H27N3O5/c1-4-12-6-7-14-13(10-12)21(20(28)22-14)16-15(17(23-21)11(2)25)18(26)24(19(16)27)8-5-9-29-3/h6-7,10-11,15-17,23,25H,4-5,8-9H2,1-3H3,(H,22,28)/t11-,15+,16-,17-,21+/m1/s1. The topological polar surface area (TPSA) is 108 Å². The summed E-state index contributed by atoms with van der Waals surface area (Å²) in [7, 11) is 1.57. The number of aliphatic hydroxyl groups is 1. The van der Waals surface area contributed by atoms with Crippen LogP contribution in [0, 0.1) is 11.8 Å². The fourth-order valence-electron chi connectivity index (χ4n) is 5.06. The van der Waals surface area contributed by atoms with Gasteiger partial charge in [-0.2, -0.15) is 0 Å². The highest BCUT2D eigenvalue weighted by Crippen LogP contribution is 2.53. The number of nitrogens with zero attached hydrogens (tertiary/aromatic N) is 1. The van der Waals surface area contributed by atoms with Gasteiger partial charge in [-0.3, -0.25) is 24.6 Å². The summed E-state index contributed by atoms with van der Waals surface area (Å²) in [4.78, 5) is 41.0. The molecule has 0 saturated carbocycles. The number of carbonyl (C=O) groups is 3. The molecule has 1 spiro atoms. The summed E-state index contributed by atoms with van der Waals surface area (Å²) < 4.78 is 5.04. The Morgan fingerprint density at radius 1 is 1.28 bits per heavy atom. The Morgan fingerprint density at radius 2 is 2.03 bits per heavy atom. The lowest BCUT2D eigenvalue weighted by Gasteiger charge is -2.30. The van der Waals surface area contributed by atoms with E-state index < -0.39 is 29.5 Å². The van der Waals surface area contributed by atoms with E-state index in [9.17, 15) is 19.5 Å². The van der Waals surface area contributed by atoms with Gasteiger partial charge < -0.3 is 15.2 Å². The van der Waals surface area contributed by atoms with E-state index in [2.05, 4.69) is 10.6 Å². The summed E-state index contributed by atoms with van der Waals surface area (Å²) in [6.07, 6.45) is 0.404. The number of nitrogens with one attached hydrogen (secondary N) is 2. The molecule has 3 aliphatic rings. The normalized spacial score (nSPS) is 31.4. The predicted octanol–water partition coefficient (Wildman–Crippen LogP) is 0.387. The number of fused-ring (bicyclic) bond motifs is 4. The van der Waals surface area contributed by atoms with Crippen molar-refractivity contribution in [2.75, 3.05) is 25.6 Å². The van der Waals surface area contributed by atoms with Crippen LogP contribution in [-0.2, 0) is 31.1 Å². The van der Waals surface area contributed by atoms with Crippen molar-refractivity contribution >= 4 is 23.4 Å². The number of rotatable bonds is 6. The SMILES string of the molecule is CCc1ccc2c(c1)[C@@]1(N[C@H]([C@@H](C)O)[C@H]3C(=O)N(CCCOC)C(=O)[C@@H]31)C(=O)N2. The zero-order valence-corrected chi connectivity index (χ0v) is 16.9. The Bertz CT molecular complexity index is 870. The van der Waals surface area contributed by atoms with Crippen LogP contribution in [0.3, 0.4) is 0 Å². The third-order valence-electron chi connectivity index (χ3n) is 6.46. The molecule has 3 aliphatic heterocycles. The van der Waals surface area contributed by atoms with E-state index in [4.69, 9.17) is 4.74 Å². The van der Waals surface area contributed by atoms with Crippen molar-refractivity contribution in [2.45, 2.75) is 44.4 Å². The molecule has 2 saturated heterocycles. The summed E-state index contributed by atoms with van der Waals surface area (Å²) in [5.74, 6) is -2.72. The smallest absolute Gasteiger partial charge is 0.250 e. The first-order chi connectivity index (χ1) is 13.9. The Labute approximate surface area is 169 Å². The number of benzene rings is 1. The number of methoxy groups -OCH3 is 1. The van der Waals surface area contributed by atoms with Gasteiger partial charge in [0.05, 0.1) is 17.9 Å². The molecule has 3 N–H and O–H groups in total. The van der Waals surface area contributed by atoms with Gasteiger partial charge >= 0.3 is 0 Å². The molecule has 1 aromatic rings. The molecule has 0 aliphatic carbocycles. The average molecular weight is 401 g/mol. The monoisotopic (exact) mass is 401 g/mol. The van der Waals surface area contributed by atoms with Crippen molar-refractivity contribution in [3.05, 3.63) is 29.3 Å². The van der Waals surface area contributed by atoms with E-state index in [-0.39, 0.29) is 24.3 Å². The summed E-state index contributed by atoms with van der Waals surface area (Å²) in [5.41, 5.74) is 1.00. The second-order valence-electron chi connectivity index (χ2n) is 8.08. The number of aryl methyl sites for hydroxylation is 1. The van der Waals surface area contributed by atoms with Crippen molar-refractivity contribution in [1.29, 1.82) is 0 Å². The van der Waals surface area contributed by atoms with Crippen molar-refractivity contribution in [3.8, 4) is 0 Å². The van der Waals surface area contributed by atoms with E-state index in [0.717, 1.165) is 12.0 Å². The summed E-state index contributed by atoms with van der Waals surface area (Å²) in [6.45, 7) is 4.27. The summed E-state index contributed by atoms with van der Waals surface area (Å²) >= 11 is 0. The van der Waals surface area contributed by atoms with Crippen LogP contribution in [0.15, 0.2) is 18.2 Å². The zero-order chi connectivity index (χ0) is 20.9. The Balaban J connectivity index is 1.81. The van der Waals surface area contributed by atoms with Gasteiger partial charge in [-0.1, -0.05) is 19.1 Å². The Kier molecular flexibility index (Phi) is 4.96. The number of imide groups is 1. The summed E-state index contributed by atoms with van der Waals surface area (Å²) in [5, 5.41) is 16.5. The number of hydrogen-bond acceptors (Lipinski definition) is 6. The van der Waals surface area contributed by atoms with Crippen molar-refractivity contribution in [2.24, 2.45) is 11.8 Å². The Hall–Kier alpha value is -2.29. The van der Waals surface area contributed by atoms with Gasteiger partial charge in [0.25, 0.3) is 0 Å². The lowest BCUT2D eigenvalue weighted by atomic mass is 9.76. The van der Waals surface area contributed by atoms with E-state index in [1.165, 1.54) is 4.90 Å². The highest BCUT2D eigenvalue weighted by atomic mass is 16.5. The van der Waals surface area contributed by atoms with Crippen LogP contribution < -0.4 is 10.6 Å². The second kappa shape index (κ2) is 7.19. The minimum Gasteiger partial charge on any atom is -0.392 e. The van der Waals surface area contributed by atoms with Crippen LogP contribution in [0.4, 0.5) is 5.69 Å². The average Bonchev–Trinajstić information content (AvgIpc) is 3.28. The molecule has 3 heterocycles. The predicted molar refractivity (Wildman–Crippen MR) is 105 cm³/mol. The van der Waals surface area contributed by atoms with Crippen LogP contribution in [0.25, 0.3) is 0 Å². The lowest BCUT2D eigenvalue weighted by molar-refractivity contribution is -0.143. The van der Waals surface area contributed by atoms with Gasteiger partial charge in [0.2, 0.25) is 17.7 Å². The van der Waals surface area contributed by atoms with Crippen LogP contribution >= 0.6 is 0 Å². The fourth-order valence-corrected chi connectivity index (χ4v) is 5.06. The number of carbonyl (C=O) groups excluding carboxylic acids is 3. The maximum absolute atomic E-state index is 13.4. The quantitative estimate of drug-likeness (QED) is 0.470. The molecule has 29 heavy (non-hydrogen) atoms. The third kappa shape index (κ3) is 2.73. The minimum atomic E-state index is -1.35. The van der Waals surface area contributed by atoms with Crippen LogP contribution in [0.5, 0.6) is 0 Å². The highest BCUT2D eigenvalue weighted by Gasteiger charge is 2.70. The van der Waals surface area contributed by atoms with Crippen molar-refractivity contribution in [3.63, 3.8) is 0 Å². The largest absolute Gasteiger partial charge is 0.392 e. The molecule has 1 aromatic carbocycles. The van der Waals surface area contributed by atoms with Crippen LogP contribution in [0.1, 0.15) is 31.4 Å². The Morgan fingerprint density at radius 3 is 2.69 bits per heavy atom. The first-order valence-corrected chi connectivity index (χ1v) is 10.1. The van der Waals surface area contributed by atoms with E-state index in [1.807, 2.05) is 25.1 Å². The van der Waals surface area contributed by atoms with Crippen LogP contribution in [-0.4, -0.2) is 60.1 Å². The fraction of sp³-hybridized carbons (Fsp3) is 0.571. The molecule has 0 radical (unpaired) electrons. The first-order valence-electron chi connectivity index (χ1n) is 10.1. The molecule has 156 valence electrons. The molecular weight excluding hydrogens is 374 g/mol. The zero-order valence-electron chi connectivity index (χ0n) is 16.9. The number of aliphatic hydroxyl groups excluding tert-OH is 1. The summed E-state index contributed by atoms with van der Waals surface area (Å²) in [6, 6.07) is 5.01. The number of hydrogen-bond donors (Lipinski definition) is 3. The molecular formula is C21H27N3O5. The molecule has 3 amide bonds. The van der Waals surface area contributed by atoms with Crippen molar-refractivity contribution < 1.29 is 24.2 Å². The highest BCUT2D eigenvalue weighted by molar-refractivity contribution is 6.15. The van der Waals surface area contributed by atoms with Gasteiger partial charge in [-0.15, -0.1) is 0 Å². The van der Waals surface area contributed by atoms with Crippen molar-refractivity contribution in [1.82, 2.24) is 10.2 Å². The van der Waals surface area contributed by atoms with Gasteiger partial charge in [-0.05, 0) is 31.4 Å². The van der Waals surface area contributed by atoms with Gasteiger partial charge in [0.1, 0.15) is 5.54 Å². The number of amides is 3. The molecule has 8 heteroatoms. The van der Waals surface area contributed by atoms with Crippen LogP contribution in [0.2, 0.25) is 0 Å². The number of likely N-dealkylation sites (tertiary alicyclic amines) is 1. The second-order valence-corrected chi connectivity index (χ2v) is 8.08.